The maximum absolute atomic E-state index is 12.7. The highest BCUT2D eigenvalue weighted by Crippen LogP contribution is 2.39. The van der Waals surface area contributed by atoms with Crippen molar-refractivity contribution in [3.05, 3.63) is 47.7 Å². The zero-order chi connectivity index (χ0) is 25.9. The van der Waals surface area contributed by atoms with Gasteiger partial charge < -0.3 is 29.7 Å². The molecule has 1 aliphatic heterocycles. The van der Waals surface area contributed by atoms with Crippen molar-refractivity contribution in [2.24, 2.45) is 0 Å². The van der Waals surface area contributed by atoms with Crippen LogP contribution in [0.15, 0.2) is 42.7 Å². The summed E-state index contributed by atoms with van der Waals surface area (Å²) in [6.45, 7) is 5.32. The number of rotatable bonds is 8. The normalized spacial score (nSPS) is 14.7. The minimum atomic E-state index is -2.50. The first-order valence-corrected chi connectivity index (χ1v) is 14.8. The molecule has 0 saturated carbocycles. The van der Waals surface area contributed by atoms with Crippen molar-refractivity contribution in [2.45, 2.75) is 18.9 Å². The van der Waals surface area contributed by atoms with Crippen LogP contribution in [0.25, 0.3) is 0 Å². The Kier molecular flexibility index (Phi) is 8.03. The predicted molar refractivity (Wildman–Crippen MR) is 149 cm³/mol. The highest BCUT2D eigenvalue weighted by Gasteiger charge is 2.24. The standard InChI is InChI=1S/C25H33ClN7O2P/c1-32(2)18-10-12-33(13-11-18)24-21(35-3)14-17(15-27-24)29-25-28-16-19(26)23(31-25)30-20-8-6-7-9-22(20)36(4,5)34/h6-9,14-16,18H,10-13H2,1-5H3,(H2,28,29,30,31). The molecular formula is C25H33ClN7O2P. The Morgan fingerprint density at radius 2 is 1.83 bits per heavy atom. The number of aromatic nitrogens is 3. The first kappa shape index (κ1) is 26.2. The summed E-state index contributed by atoms with van der Waals surface area (Å²) in [6, 6.07) is 9.92. The summed E-state index contributed by atoms with van der Waals surface area (Å²) in [7, 11) is 3.40. The van der Waals surface area contributed by atoms with E-state index >= 15 is 0 Å². The maximum Gasteiger partial charge on any atom is 0.229 e. The molecule has 0 atom stereocenters. The summed E-state index contributed by atoms with van der Waals surface area (Å²) in [5, 5.41) is 7.48. The van der Waals surface area contributed by atoms with Crippen molar-refractivity contribution in [3.63, 3.8) is 0 Å². The summed E-state index contributed by atoms with van der Waals surface area (Å²) in [4.78, 5) is 18.1. The lowest BCUT2D eigenvalue weighted by molar-refractivity contribution is 0.249. The van der Waals surface area contributed by atoms with Crippen LogP contribution in [-0.2, 0) is 4.57 Å². The van der Waals surface area contributed by atoms with Gasteiger partial charge in [-0.05, 0) is 52.4 Å². The molecule has 1 saturated heterocycles. The van der Waals surface area contributed by atoms with Crippen LogP contribution in [0.2, 0.25) is 5.02 Å². The second-order valence-corrected chi connectivity index (χ2v) is 13.0. The van der Waals surface area contributed by atoms with E-state index in [4.69, 9.17) is 16.3 Å². The van der Waals surface area contributed by atoms with Gasteiger partial charge in [-0.1, -0.05) is 23.7 Å². The highest BCUT2D eigenvalue weighted by molar-refractivity contribution is 7.70. The summed E-state index contributed by atoms with van der Waals surface area (Å²) in [6.07, 6.45) is 5.44. The zero-order valence-electron chi connectivity index (χ0n) is 21.3. The fourth-order valence-corrected chi connectivity index (χ4v) is 5.60. The average Bonchev–Trinajstić information content (AvgIpc) is 2.86. The number of hydrogen-bond acceptors (Lipinski definition) is 9. The average molecular weight is 530 g/mol. The number of ether oxygens (including phenoxy) is 1. The smallest absolute Gasteiger partial charge is 0.229 e. The Morgan fingerprint density at radius 1 is 1.11 bits per heavy atom. The molecule has 0 radical (unpaired) electrons. The Labute approximate surface area is 217 Å². The van der Waals surface area contributed by atoms with Gasteiger partial charge >= 0.3 is 0 Å². The van der Waals surface area contributed by atoms with E-state index < -0.39 is 7.14 Å². The van der Waals surface area contributed by atoms with Gasteiger partial charge in [0.25, 0.3) is 0 Å². The number of anilines is 5. The number of nitrogens with one attached hydrogen (secondary N) is 2. The van der Waals surface area contributed by atoms with E-state index in [1.165, 1.54) is 6.20 Å². The van der Waals surface area contributed by atoms with Crippen molar-refractivity contribution in [1.82, 2.24) is 19.9 Å². The topological polar surface area (TPSA) is 95.5 Å². The minimum Gasteiger partial charge on any atom is -0.493 e. The molecule has 3 aromatic rings. The summed E-state index contributed by atoms with van der Waals surface area (Å²) in [5.74, 6) is 2.28. The third-order valence-corrected chi connectivity index (χ3v) is 8.11. The Bertz CT molecular complexity index is 1260. The third-order valence-electron chi connectivity index (χ3n) is 6.28. The largest absolute Gasteiger partial charge is 0.493 e. The van der Waals surface area contributed by atoms with Gasteiger partial charge in [-0.3, -0.25) is 0 Å². The summed E-state index contributed by atoms with van der Waals surface area (Å²) < 4.78 is 18.4. The number of piperidine rings is 1. The van der Waals surface area contributed by atoms with E-state index in [1.54, 1.807) is 26.6 Å². The Morgan fingerprint density at radius 3 is 2.50 bits per heavy atom. The SMILES string of the molecule is COc1cc(Nc2ncc(Cl)c(Nc3ccccc3P(C)(C)=O)n2)cnc1N1CCC(N(C)C)CC1. The molecule has 0 unspecified atom stereocenters. The molecule has 0 bridgehead atoms. The van der Waals surface area contributed by atoms with Crippen LogP contribution in [0.1, 0.15) is 12.8 Å². The first-order valence-electron chi connectivity index (χ1n) is 11.8. The minimum absolute atomic E-state index is 0.346. The number of nitrogens with zero attached hydrogens (tertiary/aromatic N) is 5. The number of halogens is 1. The first-order chi connectivity index (χ1) is 17.2. The molecule has 4 rings (SSSR count). The van der Waals surface area contributed by atoms with E-state index in [0.29, 0.717) is 40.0 Å². The molecule has 1 aliphatic rings. The Hall–Kier alpha value is -2.87. The van der Waals surface area contributed by atoms with Crippen LogP contribution in [0.5, 0.6) is 5.75 Å². The Balaban J connectivity index is 1.52. The molecule has 11 heteroatoms. The molecule has 0 amide bonds. The van der Waals surface area contributed by atoms with E-state index in [1.807, 2.05) is 30.3 Å². The number of para-hydroxylation sites is 1. The fourth-order valence-electron chi connectivity index (χ4n) is 4.31. The van der Waals surface area contributed by atoms with Crippen LogP contribution in [-0.4, -0.2) is 73.5 Å². The number of hydrogen-bond donors (Lipinski definition) is 2. The van der Waals surface area contributed by atoms with Crippen molar-refractivity contribution >= 4 is 53.0 Å². The maximum atomic E-state index is 12.7. The van der Waals surface area contributed by atoms with Crippen molar-refractivity contribution < 1.29 is 9.30 Å². The van der Waals surface area contributed by atoms with E-state index in [0.717, 1.165) is 37.1 Å². The third kappa shape index (κ3) is 6.09. The molecule has 2 aromatic heterocycles. The van der Waals surface area contributed by atoms with Crippen LogP contribution in [0.4, 0.5) is 29.0 Å². The fraction of sp³-hybridized carbons (Fsp3) is 0.400. The second kappa shape index (κ2) is 11.0. The summed E-state index contributed by atoms with van der Waals surface area (Å²) in [5.41, 5.74) is 1.39. The molecule has 1 aromatic carbocycles. The number of pyridine rings is 1. The van der Waals surface area contributed by atoms with Gasteiger partial charge in [0.1, 0.15) is 12.2 Å². The molecule has 3 heterocycles. The molecule has 9 nitrogen and oxygen atoms in total. The molecule has 192 valence electrons. The molecule has 2 N–H and O–H groups in total. The van der Waals surface area contributed by atoms with E-state index in [2.05, 4.69) is 49.5 Å². The van der Waals surface area contributed by atoms with Crippen LogP contribution < -0.4 is 25.6 Å². The predicted octanol–water partition coefficient (Wildman–Crippen LogP) is 4.80. The lowest BCUT2D eigenvalue weighted by atomic mass is 10.0. The van der Waals surface area contributed by atoms with Crippen LogP contribution in [0, 0.1) is 0 Å². The van der Waals surface area contributed by atoms with Gasteiger partial charge in [0.05, 0.1) is 30.9 Å². The molecular weight excluding hydrogens is 497 g/mol. The van der Waals surface area contributed by atoms with Gasteiger partial charge in [0.15, 0.2) is 17.4 Å². The van der Waals surface area contributed by atoms with Crippen LogP contribution >= 0.6 is 18.7 Å². The summed E-state index contributed by atoms with van der Waals surface area (Å²) >= 11 is 6.37. The van der Waals surface area contributed by atoms with Crippen molar-refractivity contribution in [1.29, 1.82) is 0 Å². The molecule has 0 spiro atoms. The van der Waals surface area contributed by atoms with E-state index in [-0.39, 0.29) is 0 Å². The van der Waals surface area contributed by atoms with Crippen molar-refractivity contribution in [3.8, 4) is 5.75 Å². The molecule has 36 heavy (non-hydrogen) atoms. The number of benzene rings is 1. The zero-order valence-corrected chi connectivity index (χ0v) is 23.0. The van der Waals surface area contributed by atoms with Gasteiger partial charge in [-0.25, -0.2) is 9.97 Å². The van der Waals surface area contributed by atoms with Gasteiger partial charge in [-0.2, -0.15) is 4.98 Å². The van der Waals surface area contributed by atoms with Gasteiger partial charge in [-0.15, -0.1) is 0 Å². The second-order valence-electron chi connectivity index (χ2n) is 9.44. The quantitative estimate of drug-likeness (QED) is 0.399. The lowest BCUT2D eigenvalue weighted by Crippen LogP contribution is -2.42. The van der Waals surface area contributed by atoms with Crippen molar-refractivity contribution in [2.75, 3.05) is 63.2 Å². The van der Waals surface area contributed by atoms with Gasteiger partial charge in [0, 0.05) is 30.5 Å². The lowest BCUT2D eigenvalue weighted by Gasteiger charge is -2.36. The molecule has 0 aliphatic carbocycles. The highest BCUT2D eigenvalue weighted by atomic mass is 35.5. The monoisotopic (exact) mass is 529 g/mol. The molecule has 1 fully saturated rings. The van der Waals surface area contributed by atoms with Crippen LogP contribution in [0.3, 0.4) is 0 Å². The number of methoxy groups -OCH3 is 1. The van der Waals surface area contributed by atoms with Gasteiger partial charge in [0.2, 0.25) is 5.95 Å². The van der Waals surface area contributed by atoms with E-state index in [9.17, 15) is 4.57 Å².